The van der Waals surface area contributed by atoms with Gasteiger partial charge in [-0.25, -0.2) is 13.8 Å². The monoisotopic (exact) mass is 503 g/mol. The summed E-state index contributed by atoms with van der Waals surface area (Å²) in [6.45, 7) is 4.88. The van der Waals surface area contributed by atoms with E-state index < -0.39 is 23.0 Å². The molecule has 3 heterocycles. The zero-order chi connectivity index (χ0) is 25.2. The van der Waals surface area contributed by atoms with E-state index in [2.05, 4.69) is 25.4 Å². The minimum atomic E-state index is -1.15. The Labute approximate surface area is 207 Å². The molecular weight excluding hydrogens is 476 g/mol. The van der Waals surface area contributed by atoms with Gasteiger partial charge in [-0.05, 0) is 63.4 Å². The molecule has 1 aromatic carbocycles. The predicted molar refractivity (Wildman–Crippen MR) is 130 cm³/mol. The fraction of sp³-hybridized carbons (Fsp3) is 0.400. The van der Waals surface area contributed by atoms with E-state index in [1.165, 1.54) is 18.2 Å². The number of pyridine rings is 1. The molecule has 1 aliphatic rings. The molecule has 35 heavy (non-hydrogen) atoms. The van der Waals surface area contributed by atoms with Gasteiger partial charge in [0, 0.05) is 30.8 Å². The largest absolute Gasteiger partial charge is 0.481 e. The number of carboxylic acids is 1. The van der Waals surface area contributed by atoms with Crippen LogP contribution in [0.25, 0.3) is 0 Å². The highest BCUT2D eigenvalue weighted by atomic mass is 35.5. The molecule has 1 fully saturated rings. The van der Waals surface area contributed by atoms with Crippen LogP contribution in [-0.4, -0.2) is 50.3 Å². The van der Waals surface area contributed by atoms with E-state index in [4.69, 9.17) is 11.6 Å². The van der Waals surface area contributed by atoms with Crippen molar-refractivity contribution in [3.63, 3.8) is 0 Å². The van der Waals surface area contributed by atoms with Crippen molar-refractivity contribution in [1.82, 2.24) is 20.1 Å². The number of aliphatic carboxylic acids is 1. The van der Waals surface area contributed by atoms with Crippen LogP contribution in [0.3, 0.4) is 0 Å². The van der Waals surface area contributed by atoms with Gasteiger partial charge in [0.2, 0.25) is 0 Å². The van der Waals surface area contributed by atoms with Crippen molar-refractivity contribution in [2.24, 2.45) is 5.41 Å². The number of hydrogen-bond donors (Lipinski definition) is 3. The predicted octanol–water partition coefficient (Wildman–Crippen LogP) is 5.13. The van der Waals surface area contributed by atoms with Crippen molar-refractivity contribution >= 4 is 29.2 Å². The third-order valence-corrected chi connectivity index (χ3v) is 7.02. The Hall–Kier alpha value is -3.04. The Morgan fingerprint density at radius 1 is 1.31 bits per heavy atom. The van der Waals surface area contributed by atoms with Crippen LogP contribution in [0.15, 0.2) is 36.4 Å². The Bertz CT molecular complexity index is 1220. The standard InChI is InChI=1S/C25H28ClF2N5O2/c1-15-12-22(32-31-15)30-21-7-6-19(27)20(29-21)14-25(24(34)35)9-11-33(16(2)13-25)10-8-17-4-3-5-18(26)23(17)28/h3-7,12,16H,8-11,13-14H2,1-2H3,(H,34,35)(H2,29,30,31,32)/t16-,25-/m1/s1. The lowest BCUT2D eigenvalue weighted by molar-refractivity contribution is -0.153. The van der Waals surface area contributed by atoms with Crippen LogP contribution in [0.5, 0.6) is 0 Å². The first-order chi connectivity index (χ1) is 16.7. The molecule has 10 heteroatoms. The smallest absolute Gasteiger partial charge is 0.310 e. The molecule has 0 bridgehead atoms. The number of aromatic nitrogens is 3. The van der Waals surface area contributed by atoms with Crippen molar-refractivity contribution < 1.29 is 18.7 Å². The van der Waals surface area contributed by atoms with E-state index in [0.29, 0.717) is 49.6 Å². The van der Waals surface area contributed by atoms with Gasteiger partial charge in [0.05, 0.1) is 16.1 Å². The van der Waals surface area contributed by atoms with Crippen molar-refractivity contribution in [2.45, 2.75) is 45.6 Å². The second kappa shape index (κ2) is 10.3. The third kappa shape index (κ3) is 5.62. The zero-order valence-corrected chi connectivity index (χ0v) is 20.4. The highest BCUT2D eigenvalue weighted by Gasteiger charge is 2.45. The third-order valence-electron chi connectivity index (χ3n) is 6.73. The number of aryl methyl sites for hydroxylation is 1. The minimum Gasteiger partial charge on any atom is -0.481 e. The highest BCUT2D eigenvalue weighted by molar-refractivity contribution is 6.30. The van der Waals surface area contributed by atoms with Gasteiger partial charge in [-0.3, -0.25) is 9.89 Å². The molecule has 186 valence electrons. The van der Waals surface area contributed by atoms with Crippen LogP contribution in [0, 0.1) is 24.0 Å². The van der Waals surface area contributed by atoms with Crippen LogP contribution < -0.4 is 5.32 Å². The summed E-state index contributed by atoms with van der Waals surface area (Å²) in [7, 11) is 0. The van der Waals surface area contributed by atoms with E-state index in [1.54, 1.807) is 18.2 Å². The minimum absolute atomic E-state index is 0.0234. The van der Waals surface area contributed by atoms with Crippen molar-refractivity contribution in [3.8, 4) is 0 Å². The number of likely N-dealkylation sites (tertiary alicyclic amines) is 1. The van der Waals surface area contributed by atoms with Gasteiger partial charge in [0.15, 0.2) is 5.82 Å². The Balaban J connectivity index is 1.46. The maximum atomic E-state index is 14.7. The van der Waals surface area contributed by atoms with Crippen LogP contribution in [0.2, 0.25) is 5.02 Å². The number of piperidine rings is 1. The van der Waals surface area contributed by atoms with Crippen LogP contribution in [0.1, 0.15) is 36.7 Å². The van der Waals surface area contributed by atoms with E-state index in [0.717, 1.165) is 5.69 Å². The quantitative estimate of drug-likeness (QED) is 0.394. The molecule has 0 spiro atoms. The van der Waals surface area contributed by atoms with Crippen molar-refractivity contribution in [3.05, 3.63) is 70.0 Å². The molecule has 0 saturated carbocycles. The molecule has 1 aliphatic heterocycles. The van der Waals surface area contributed by atoms with Gasteiger partial charge in [0.25, 0.3) is 0 Å². The number of rotatable bonds is 8. The fourth-order valence-electron chi connectivity index (χ4n) is 4.75. The van der Waals surface area contributed by atoms with Crippen molar-refractivity contribution in [2.75, 3.05) is 18.4 Å². The van der Waals surface area contributed by atoms with Gasteiger partial charge >= 0.3 is 5.97 Å². The molecule has 0 amide bonds. The number of hydrogen-bond acceptors (Lipinski definition) is 5. The molecule has 4 rings (SSSR count). The molecule has 2 atom stereocenters. The molecule has 3 N–H and O–H groups in total. The van der Waals surface area contributed by atoms with Crippen LogP contribution >= 0.6 is 11.6 Å². The number of nitrogens with one attached hydrogen (secondary N) is 2. The first-order valence-electron chi connectivity index (χ1n) is 11.5. The van der Waals surface area contributed by atoms with E-state index in [1.807, 2.05) is 13.8 Å². The van der Waals surface area contributed by atoms with Crippen LogP contribution in [0.4, 0.5) is 20.4 Å². The Morgan fingerprint density at radius 2 is 2.11 bits per heavy atom. The molecule has 0 unspecified atom stereocenters. The maximum absolute atomic E-state index is 14.7. The fourth-order valence-corrected chi connectivity index (χ4v) is 4.95. The Kier molecular flexibility index (Phi) is 7.37. The maximum Gasteiger partial charge on any atom is 0.310 e. The van der Waals surface area contributed by atoms with Gasteiger partial charge in [-0.15, -0.1) is 0 Å². The molecule has 2 aromatic heterocycles. The van der Waals surface area contributed by atoms with Gasteiger partial charge in [0.1, 0.15) is 17.5 Å². The second-order valence-electron chi connectivity index (χ2n) is 9.25. The summed E-state index contributed by atoms with van der Waals surface area (Å²) < 4.78 is 28.9. The average Bonchev–Trinajstić information content (AvgIpc) is 3.22. The van der Waals surface area contributed by atoms with E-state index >= 15 is 0 Å². The molecule has 3 aromatic rings. The molecular formula is C25H28ClF2N5O2. The normalized spacial score (nSPS) is 20.7. The summed E-state index contributed by atoms with van der Waals surface area (Å²) in [6, 6.07) is 9.42. The number of H-pyrrole nitrogens is 1. The number of carbonyl (C=O) groups is 1. The summed E-state index contributed by atoms with van der Waals surface area (Å²) in [4.78, 5) is 18.9. The van der Waals surface area contributed by atoms with Gasteiger partial charge in [-0.2, -0.15) is 5.10 Å². The van der Waals surface area contributed by atoms with Gasteiger partial charge in [-0.1, -0.05) is 23.7 Å². The summed E-state index contributed by atoms with van der Waals surface area (Å²) in [5, 5.41) is 20.2. The van der Waals surface area contributed by atoms with Crippen molar-refractivity contribution in [1.29, 1.82) is 0 Å². The first kappa shape index (κ1) is 25.1. The number of anilines is 2. The Morgan fingerprint density at radius 3 is 2.80 bits per heavy atom. The first-order valence-corrected chi connectivity index (χ1v) is 11.9. The zero-order valence-electron chi connectivity index (χ0n) is 19.6. The average molecular weight is 504 g/mol. The van der Waals surface area contributed by atoms with Crippen LogP contribution in [-0.2, 0) is 17.6 Å². The van der Waals surface area contributed by atoms with Gasteiger partial charge < -0.3 is 15.3 Å². The number of carboxylic acid groups (broad SMARTS) is 1. The topological polar surface area (TPSA) is 94.1 Å². The lowest BCUT2D eigenvalue weighted by atomic mass is 9.72. The summed E-state index contributed by atoms with van der Waals surface area (Å²) >= 11 is 5.88. The van der Waals surface area contributed by atoms with E-state index in [9.17, 15) is 18.7 Å². The molecule has 7 nitrogen and oxygen atoms in total. The molecule has 0 aliphatic carbocycles. The lowest BCUT2D eigenvalue weighted by Gasteiger charge is -2.43. The summed E-state index contributed by atoms with van der Waals surface area (Å²) in [5.41, 5.74) is 0.347. The highest BCUT2D eigenvalue weighted by Crippen LogP contribution is 2.39. The number of halogens is 3. The number of benzene rings is 1. The lowest BCUT2D eigenvalue weighted by Crippen LogP contribution is -2.50. The second-order valence-corrected chi connectivity index (χ2v) is 9.66. The number of aromatic amines is 1. The summed E-state index contributed by atoms with van der Waals surface area (Å²) in [5.74, 6) is -0.993. The molecule has 0 radical (unpaired) electrons. The SMILES string of the molecule is Cc1cc(Nc2ccc(F)c(C[C@@]3(C(=O)O)CCN(CCc4cccc(Cl)c4F)[C@H](C)C3)n2)n[nH]1. The molecule has 1 saturated heterocycles. The van der Waals surface area contributed by atoms with E-state index in [-0.39, 0.29) is 23.2 Å². The number of nitrogens with zero attached hydrogens (tertiary/aromatic N) is 3. The summed E-state index contributed by atoms with van der Waals surface area (Å²) in [6.07, 6.45) is 1.11.